The molecule has 1 aromatic carbocycles. The van der Waals surface area contributed by atoms with Gasteiger partial charge in [0, 0.05) is 23.2 Å². The van der Waals surface area contributed by atoms with E-state index < -0.39 is 6.09 Å². The lowest BCUT2D eigenvalue weighted by molar-refractivity contribution is 0.0706. The van der Waals surface area contributed by atoms with E-state index in [2.05, 4.69) is 15.0 Å². The number of para-hydroxylation sites is 1. The summed E-state index contributed by atoms with van der Waals surface area (Å²) in [4.78, 5) is 31.3. The predicted molar refractivity (Wildman–Crippen MR) is 99.4 cm³/mol. The molecular formula is C18H17N3O5S. The summed E-state index contributed by atoms with van der Waals surface area (Å²) < 4.78 is 15.6. The van der Waals surface area contributed by atoms with Crippen molar-refractivity contribution in [2.75, 3.05) is 26.1 Å². The predicted octanol–water partition coefficient (Wildman–Crippen LogP) is 3.27. The molecule has 3 heterocycles. The van der Waals surface area contributed by atoms with Gasteiger partial charge in [-0.3, -0.25) is 10.1 Å². The second-order valence-corrected chi connectivity index (χ2v) is 7.06. The number of amides is 2. The Kier molecular flexibility index (Phi) is 4.44. The third-order valence-corrected chi connectivity index (χ3v) is 5.35. The van der Waals surface area contributed by atoms with Crippen LogP contribution in [-0.4, -0.2) is 42.6 Å². The monoisotopic (exact) mass is 387 g/mol. The number of anilines is 1. The van der Waals surface area contributed by atoms with E-state index in [0.29, 0.717) is 36.0 Å². The standard InChI is InChI=1S/C18H17N3O5S/c1-24-12-5-3-4-10-8-13(26-15(10)12)16(22)21-7-6-11-14(9-21)27-17(19-11)20-18(23)25-2/h3-5,8H,6-7,9H2,1-2H3,(H,19,20,23). The maximum absolute atomic E-state index is 12.9. The van der Waals surface area contributed by atoms with E-state index in [9.17, 15) is 9.59 Å². The zero-order valence-corrected chi connectivity index (χ0v) is 15.6. The Hall–Kier alpha value is -3.07. The van der Waals surface area contributed by atoms with Gasteiger partial charge in [0.25, 0.3) is 5.91 Å². The number of ether oxygens (including phenoxy) is 2. The molecule has 4 rings (SSSR count). The van der Waals surface area contributed by atoms with Crippen molar-refractivity contribution >= 4 is 39.4 Å². The van der Waals surface area contributed by atoms with Gasteiger partial charge >= 0.3 is 6.09 Å². The third kappa shape index (κ3) is 3.21. The highest BCUT2D eigenvalue weighted by molar-refractivity contribution is 7.15. The lowest BCUT2D eigenvalue weighted by Gasteiger charge is -2.25. The number of aromatic nitrogens is 1. The van der Waals surface area contributed by atoms with Crippen LogP contribution in [0.1, 0.15) is 21.1 Å². The van der Waals surface area contributed by atoms with Gasteiger partial charge in [-0.1, -0.05) is 23.5 Å². The van der Waals surface area contributed by atoms with Gasteiger partial charge in [0.05, 0.1) is 26.5 Å². The van der Waals surface area contributed by atoms with Gasteiger partial charge in [-0.05, 0) is 12.1 Å². The molecule has 140 valence electrons. The second kappa shape index (κ2) is 6.92. The molecule has 0 aliphatic carbocycles. The number of methoxy groups -OCH3 is 2. The minimum absolute atomic E-state index is 0.185. The van der Waals surface area contributed by atoms with Crippen LogP contribution in [0.4, 0.5) is 9.93 Å². The van der Waals surface area contributed by atoms with Crippen molar-refractivity contribution in [2.24, 2.45) is 0 Å². The number of hydrogen-bond donors (Lipinski definition) is 1. The SMILES string of the molecule is COC(=O)Nc1nc2c(s1)CN(C(=O)c1cc3cccc(OC)c3o1)CC2. The molecule has 0 atom stereocenters. The fraction of sp³-hybridized carbons (Fsp3) is 0.278. The number of rotatable bonds is 3. The molecule has 1 aliphatic rings. The molecular weight excluding hydrogens is 370 g/mol. The number of hydrogen-bond acceptors (Lipinski definition) is 7. The molecule has 1 N–H and O–H groups in total. The smallest absolute Gasteiger partial charge is 0.413 e. The zero-order valence-electron chi connectivity index (χ0n) is 14.8. The van der Waals surface area contributed by atoms with Crippen molar-refractivity contribution in [1.82, 2.24) is 9.88 Å². The minimum atomic E-state index is -0.565. The largest absolute Gasteiger partial charge is 0.493 e. The Morgan fingerprint density at radius 1 is 1.33 bits per heavy atom. The van der Waals surface area contributed by atoms with Crippen LogP contribution >= 0.6 is 11.3 Å². The average Bonchev–Trinajstić information content (AvgIpc) is 3.29. The molecule has 0 spiro atoms. The van der Waals surface area contributed by atoms with Gasteiger partial charge in [-0.15, -0.1) is 0 Å². The van der Waals surface area contributed by atoms with E-state index in [-0.39, 0.29) is 11.7 Å². The lowest BCUT2D eigenvalue weighted by atomic mass is 10.1. The summed E-state index contributed by atoms with van der Waals surface area (Å²) in [5, 5.41) is 3.85. The summed E-state index contributed by atoms with van der Waals surface area (Å²) in [6, 6.07) is 7.25. The first-order chi connectivity index (χ1) is 13.1. The van der Waals surface area contributed by atoms with Crippen LogP contribution in [0.2, 0.25) is 0 Å². The minimum Gasteiger partial charge on any atom is -0.493 e. The maximum atomic E-state index is 12.9. The first kappa shape index (κ1) is 17.3. The van der Waals surface area contributed by atoms with Crippen molar-refractivity contribution in [3.63, 3.8) is 0 Å². The van der Waals surface area contributed by atoms with Crippen molar-refractivity contribution in [3.05, 3.63) is 40.6 Å². The van der Waals surface area contributed by atoms with Crippen LogP contribution in [0.3, 0.4) is 0 Å². The number of nitrogens with one attached hydrogen (secondary N) is 1. The van der Waals surface area contributed by atoms with E-state index in [1.54, 1.807) is 24.1 Å². The molecule has 0 fully saturated rings. The number of thiazole rings is 1. The summed E-state index contributed by atoms with van der Waals surface area (Å²) in [6.07, 6.45) is 0.0505. The van der Waals surface area contributed by atoms with E-state index in [4.69, 9.17) is 9.15 Å². The average molecular weight is 387 g/mol. The Balaban J connectivity index is 1.55. The van der Waals surface area contributed by atoms with Crippen LogP contribution in [0.5, 0.6) is 5.75 Å². The van der Waals surface area contributed by atoms with Gasteiger partial charge in [-0.2, -0.15) is 0 Å². The molecule has 0 saturated heterocycles. The summed E-state index contributed by atoms with van der Waals surface area (Å²) in [7, 11) is 2.86. The van der Waals surface area contributed by atoms with E-state index in [1.807, 2.05) is 12.1 Å². The molecule has 0 radical (unpaired) electrons. The number of carbonyl (C=O) groups is 2. The molecule has 0 unspecified atom stereocenters. The number of carbonyl (C=O) groups excluding carboxylic acids is 2. The summed E-state index contributed by atoms with van der Waals surface area (Å²) >= 11 is 1.34. The molecule has 2 aromatic heterocycles. The van der Waals surface area contributed by atoms with E-state index >= 15 is 0 Å². The molecule has 3 aromatic rings. The first-order valence-electron chi connectivity index (χ1n) is 8.28. The molecule has 2 amide bonds. The lowest BCUT2D eigenvalue weighted by Crippen LogP contribution is -2.35. The van der Waals surface area contributed by atoms with Crippen LogP contribution in [-0.2, 0) is 17.7 Å². The third-order valence-electron chi connectivity index (χ3n) is 4.35. The summed E-state index contributed by atoms with van der Waals surface area (Å²) in [5.41, 5.74) is 1.45. The van der Waals surface area contributed by atoms with Gasteiger partial charge in [0.15, 0.2) is 22.2 Å². The second-order valence-electron chi connectivity index (χ2n) is 5.97. The first-order valence-corrected chi connectivity index (χ1v) is 9.10. The van der Waals surface area contributed by atoms with Gasteiger partial charge in [0.1, 0.15) is 0 Å². The highest BCUT2D eigenvalue weighted by Gasteiger charge is 2.27. The van der Waals surface area contributed by atoms with Crippen molar-refractivity contribution < 1.29 is 23.5 Å². The zero-order chi connectivity index (χ0) is 19.0. The summed E-state index contributed by atoms with van der Waals surface area (Å²) in [6.45, 7) is 0.949. The fourth-order valence-corrected chi connectivity index (χ4v) is 4.03. The maximum Gasteiger partial charge on any atom is 0.413 e. The number of furan rings is 1. The molecule has 27 heavy (non-hydrogen) atoms. The Labute approximate surface area is 158 Å². The normalized spacial score (nSPS) is 13.3. The Bertz CT molecular complexity index is 1030. The van der Waals surface area contributed by atoms with Crippen molar-refractivity contribution in [2.45, 2.75) is 13.0 Å². The van der Waals surface area contributed by atoms with Crippen LogP contribution in [0, 0.1) is 0 Å². The molecule has 9 heteroatoms. The Morgan fingerprint density at radius 2 is 2.19 bits per heavy atom. The van der Waals surface area contributed by atoms with Crippen LogP contribution < -0.4 is 10.1 Å². The highest BCUT2D eigenvalue weighted by Crippen LogP contribution is 2.32. The molecule has 1 aliphatic heterocycles. The quantitative estimate of drug-likeness (QED) is 0.741. The summed E-state index contributed by atoms with van der Waals surface area (Å²) in [5.74, 6) is 0.679. The molecule has 0 bridgehead atoms. The van der Waals surface area contributed by atoms with Crippen LogP contribution in [0.15, 0.2) is 28.7 Å². The molecule has 8 nitrogen and oxygen atoms in total. The van der Waals surface area contributed by atoms with Gasteiger partial charge in [0.2, 0.25) is 0 Å². The van der Waals surface area contributed by atoms with Crippen molar-refractivity contribution in [1.29, 1.82) is 0 Å². The number of benzene rings is 1. The van der Waals surface area contributed by atoms with Gasteiger partial charge in [-0.25, -0.2) is 9.78 Å². The van der Waals surface area contributed by atoms with Gasteiger partial charge < -0.3 is 18.8 Å². The fourth-order valence-electron chi connectivity index (χ4n) is 3.02. The molecule has 0 saturated carbocycles. The van der Waals surface area contributed by atoms with E-state index in [0.717, 1.165) is 16.0 Å². The topological polar surface area (TPSA) is 93.9 Å². The number of fused-ring (bicyclic) bond motifs is 2. The van der Waals surface area contributed by atoms with E-state index in [1.165, 1.54) is 18.4 Å². The Morgan fingerprint density at radius 3 is 2.96 bits per heavy atom. The number of nitrogens with zero attached hydrogens (tertiary/aromatic N) is 2. The highest BCUT2D eigenvalue weighted by atomic mass is 32.1. The van der Waals surface area contributed by atoms with Crippen molar-refractivity contribution in [3.8, 4) is 5.75 Å². The van der Waals surface area contributed by atoms with Crippen LogP contribution in [0.25, 0.3) is 11.0 Å².